The SMILES string of the molecule is C=CCCCCc1ccc(C#Cc2ccc(-c3ccc(CCCC)cc3)cc2)cc1. The van der Waals surface area contributed by atoms with E-state index in [-0.39, 0.29) is 0 Å². The van der Waals surface area contributed by atoms with E-state index >= 15 is 0 Å². The van der Waals surface area contributed by atoms with Crippen molar-refractivity contribution < 1.29 is 0 Å². The first-order valence-electron chi connectivity index (χ1n) is 11.2. The monoisotopic (exact) mass is 392 g/mol. The molecule has 0 saturated heterocycles. The molecule has 0 radical (unpaired) electrons. The Kier molecular flexibility index (Phi) is 8.55. The van der Waals surface area contributed by atoms with Crippen LogP contribution in [-0.2, 0) is 12.8 Å². The number of rotatable bonds is 9. The van der Waals surface area contributed by atoms with E-state index in [9.17, 15) is 0 Å². The van der Waals surface area contributed by atoms with Gasteiger partial charge in [0.2, 0.25) is 0 Å². The number of hydrogen-bond acceptors (Lipinski definition) is 0. The third-order valence-electron chi connectivity index (χ3n) is 5.42. The molecule has 0 heterocycles. The van der Waals surface area contributed by atoms with Crippen LogP contribution >= 0.6 is 0 Å². The molecule has 0 bridgehead atoms. The van der Waals surface area contributed by atoms with Crippen molar-refractivity contribution in [3.63, 3.8) is 0 Å². The van der Waals surface area contributed by atoms with Gasteiger partial charge in [0.05, 0.1) is 0 Å². The molecule has 0 N–H and O–H groups in total. The second-order valence-electron chi connectivity index (χ2n) is 7.86. The lowest BCUT2D eigenvalue weighted by molar-refractivity contribution is 0.748. The molecular weight excluding hydrogens is 360 g/mol. The van der Waals surface area contributed by atoms with E-state index in [1.807, 2.05) is 6.08 Å². The quantitative estimate of drug-likeness (QED) is 0.197. The van der Waals surface area contributed by atoms with Crippen LogP contribution in [0.1, 0.15) is 61.3 Å². The minimum atomic E-state index is 1.05. The van der Waals surface area contributed by atoms with Gasteiger partial charge in [-0.25, -0.2) is 0 Å². The van der Waals surface area contributed by atoms with Gasteiger partial charge in [0.15, 0.2) is 0 Å². The first-order chi connectivity index (χ1) is 14.8. The third kappa shape index (κ3) is 6.78. The van der Waals surface area contributed by atoms with Crippen molar-refractivity contribution in [2.45, 2.75) is 51.9 Å². The van der Waals surface area contributed by atoms with Crippen LogP contribution in [0.15, 0.2) is 85.5 Å². The van der Waals surface area contributed by atoms with Gasteiger partial charge in [-0.2, -0.15) is 0 Å². The van der Waals surface area contributed by atoms with Gasteiger partial charge < -0.3 is 0 Å². The first kappa shape index (κ1) is 21.7. The van der Waals surface area contributed by atoms with Crippen LogP contribution in [0.3, 0.4) is 0 Å². The van der Waals surface area contributed by atoms with Crippen LogP contribution in [0.4, 0.5) is 0 Å². The van der Waals surface area contributed by atoms with Crippen molar-refractivity contribution in [3.8, 4) is 23.0 Å². The first-order valence-corrected chi connectivity index (χ1v) is 11.2. The highest BCUT2D eigenvalue weighted by molar-refractivity contribution is 5.64. The molecule has 0 heteroatoms. The molecular formula is C30H32. The second-order valence-corrected chi connectivity index (χ2v) is 7.86. The number of benzene rings is 3. The molecule has 152 valence electrons. The van der Waals surface area contributed by atoms with Gasteiger partial charge in [0, 0.05) is 11.1 Å². The molecule has 0 amide bonds. The highest BCUT2D eigenvalue weighted by atomic mass is 14.0. The minimum absolute atomic E-state index is 1.05. The van der Waals surface area contributed by atoms with E-state index in [1.165, 1.54) is 54.4 Å². The van der Waals surface area contributed by atoms with Crippen LogP contribution in [0.2, 0.25) is 0 Å². The summed E-state index contributed by atoms with van der Waals surface area (Å²) in [7, 11) is 0. The Balaban J connectivity index is 1.58. The Hall–Kier alpha value is -3.04. The Bertz CT molecular complexity index is 961. The summed E-state index contributed by atoms with van der Waals surface area (Å²) in [6.07, 6.45) is 10.3. The van der Waals surface area contributed by atoms with Gasteiger partial charge in [-0.05, 0) is 85.0 Å². The molecule has 0 nitrogen and oxygen atoms in total. The molecule has 0 fully saturated rings. The molecule has 0 aromatic heterocycles. The lowest BCUT2D eigenvalue weighted by atomic mass is 10.0. The van der Waals surface area contributed by atoms with Crippen molar-refractivity contribution in [1.82, 2.24) is 0 Å². The Labute approximate surface area is 182 Å². The molecule has 0 aliphatic carbocycles. The molecule has 3 aromatic rings. The van der Waals surface area contributed by atoms with Crippen LogP contribution < -0.4 is 0 Å². The smallest absolute Gasteiger partial charge is 0.0249 e. The average Bonchev–Trinajstić information content (AvgIpc) is 2.81. The summed E-state index contributed by atoms with van der Waals surface area (Å²) in [5.74, 6) is 6.58. The minimum Gasteiger partial charge on any atom is -0.103 e. The largest absolute Gasteiger partial charge is 0.103 e. The molecule has 3 rings (SSSR count). The second kappa shape index (κ2) is 11.8. The molecule has 0 saturated carbocycles. The summed E-state index contributed by atoms with van der Waals surface area (Å²) in [4.78, 5) is 0. The zero-order chi connectivity index (χ0) is 21.0. The Morgan fingerprint density at radius 1 is 0.633 bits per heavy atom. The van der Waals surface area contributed by atoms with Crippen molar-refractivity contribution in [2.24, 2.45) is 0 Å². The van der Waals surface area contributed by atoms with Gasteiger partial charge in [0.25, 0.3) is 0 Å². The topological polar surface area (TPSA) is 0 Å². The fourth-order valence-electron chi connectivity index (χ4n) is 3.51. The van der Waals surface area contributed by atoms with E-state index in [0.717, 1.165) is 24.0 Å². The zero-order valence-electron chi connectivity index (χ0n) is 18.2. The van der Waals surface area contributed by atoms with Crippen LogP contribution in [-0.4, -0.2) is 0 Å². The van der Waals surface area contributed by atoms with E-state index in [1.54, 1.807) is 0 Å². The summed E-state index contributed by atoms with van der Waals surface area (Å²) < 4.78 is 0. The van der Waals surface area contributed by atoms with E-state index in [0.29, 0.717) is 0 Å². The normalized spacial score (nSPS) is 10.3. The number of aryl methyl sites for hydroxylation is 2. The molecule has 0 aliphatic rings. The molecule has 0 spiro atoms. The lowest BCUT2D eigenvalue weighted by Crippen LogP contribution is -1.86. The van der Waals surface area contributed by atoms with Gasteiger partial charge in [0.1, 0.15) is 0 Å². The third-order valence-corrected chi connectivity index (χ3v) is 5.42. The Morgan fingerprint density at radius 3 is 1.63 bits per heavy atom. The maximum absolute atomic E-state index is 3.78. The highest BCUT2D eigenvalue weighted by Gasteiger charge is 1.99. The predicted molar refractivity (Wildman–Crippen MR) is 131 cm³/mol. The molecule has 30 heavy (non-hydrogen) atoms. The maximum Gasteiger partial charge on any atom is 0.0249 e. The predicted octanol–water partition coefficient (Wildman–Crippen LogP) is 7.99. The molecule has 0 atom stereocenters. The summed E-state index contributed by atoms with van der Waals surface area (Å²) in [6.45, 7) is 6.02. The van der Waals surface area contributed by atoms with Crippen LogP contribution in [0, 0.1) is 11.8 Å². The molecule has 0 unspecified atom stereocenters. The average molecular weight is 393 g/mol. The molecule has 3 aromatic carbocycles. The van der Waals surface area contributed by atoms with Gasteiger partial charge in [-0.3, -0.25) is 0 Å². The number of hydrogen-bond donors (Lipinski definition) is 0. The highest BCUT2D eigenvalue weighted by Crippen LogP contribution is 2.21. The van der Waals surface area contributed by atoms with E-state index in [2.05, 4.69) is 98.1 Å². The fraction of sp³-hybridized carbons (Fsp3) is 0.267. The van der Waals surface area contributed by atoms with Crippen molar-refractivity contribution >= 4 is 0 Å². The summed E-state index contributed by atoms with van der Waals surface area (Å²) >= 11 is 0. The van der Waals surface area contributed by atoms with Crippen molar-refractivity contribution in [1.29, 1.82) is 0 Å². The summed E-state index contributed by atoms with van der Waals surface area (Å²) in [5.41, 5.74) is 7.42. The van der Waals surface area contributed by atoms with Crippen LogP contribution in [0.5, 0.6) is 0 Å². The zero-order valence-corrected chi connectivity index (χ0v) is 18.2. The van der Waals surface area contributed by atoms with Crippen molar-refractivity contribution in [2.75, 3.05) is 0 Å². The number of allylic oxidation sites excluding steroid dienone is 1. The lowest BCUT2D eigenvalue weighted by Gasteiger charge is -2.04. The van der Waals surface area contributed by atoms with Crippen LogP contribution in [0.25, 0.3) is 11.1 Å². The standard InChI is InChI=1S/C30H32/c1-3-5-7-8-10-26-11-13-27(14-12-26)15-16-28-19-23-30(24-20-28)29-21-17-25(18-22-29)9-6-4-2/h3,11-14,17-24H,1,4-10H2,2H3. The summed E-state index contributed by atoms with van der Waals surface area (Å²) in [6, 6.07) is 26.2. The van der Waals surface area contributed by atoms with E-state index in [4.69, 9.17) is 0 Å². The summed E-state index contributed by atoms with van der Waals surface area (Å²) in [5, 5.41) is 0. The van der Waals surface area contributed by atoms with E-state index < -0.39 is 0 Å². The van der Waals surface area contributed by atoms with Gasteiger partial charge in [-0.1, -0.05) is 79.8 Å². The van der Waals surface area contributed by atoms with Gasteiger partial charge >= 0.3 is 0 Å². The van der Waals surface area contributed by atoms with Gasteiger partial charge in [-0.15, -0.1) is 6.58 Å². The number of unbranched alkanes of at least 4 members (excludes halogenated alkanes) is 3. The Morgan fingerprint density at radius 2 is 1.10 bits per heavy atom. The molecule has 0 aliphatic heterocycles. The van der Waals surface area contributed by atoms with Crippen molar-refractivity contribution in [3.05, 3.63) is 108 Å². The fourth-order valence-corrected chi connectivity index (χ4v) is 3.51. The maximum atomic E-state index is 3.78.